The van der Waals surface area contributed by atoms with E-state index < -0.39 is 11.5 Å². The summed E-state index contributed by atoms with van der Waals surface area (Å²) in [6.45, 7) is 5.49. The first-order chi connectivity index (χ1) is 14.8. The third kappa shape index (κ3) is 3.05. The quantitative estimate of drug-likeness (QED) is 0.517. The first-order valence-corrected chi connectivity index (χ1v) is 10.7. The molecule has 0 spiro atoms. The average molecular weight is 422 g/mol. The van der Waals surface area contributed by atoms with E-state index in [0.717, 1.165) is 52.8 Å². The van der Waals surface area contributed by atoms with Gasteiger partial charge in [0.2, 0.25) is 11.8 Å². The highest BCUT2D eigenvalue weighted by Crippen LogP contribution is 2.46. The topological polar surface area (TPSA) is 114 Å². The van der Waals surface area contributed by atoms with Crippen molar-refractivity contribution >= 4 is 28.4 Å². The molecule has 0 saturated heterocycles. The number of anilines is 1. The molecule has 2 aliphatic rings. The molecular formula is C23H27N5O3. The number of aliphatic hydroxyl groups excluding tert-OH is 1. The summed E-state index contributed by atoms with van der Waals surface area (Å²) in [7, 11) is 0. The standard InChI is InChI=1S/C23H27N5O3/c1-12(29)24-10-14(30)11-28-19-7-16-15-6-4-5-13-9-25-27-20(13)21(15)26-18(16)8-17(19)23(2,3)22(28)31/h7-9,14,26,30H,4-6,10-11H2,1-3H3,(H,24,29)(H,25,27). The van der Waals surface area contributed by atoms with Crippen molar-refractivity contribution in [1.82, 2.24) is 20.5 Å². The molecule has 3 heterocycles. The zero-order valence-corrected chi connectivity index (χ0v) is 18.0. The Labute approximate surface area is 180 Å². The minimum absolute atomic E-state index is 0.0426. The van der Waals surface area contributed by atoms with E-state index in [4.69, 9.17) is 0 Å². The normalized spacial score (nSPS) is 17.8. The number of carbonyl (C=O) groups excluding carboxylic acids is 2. The molecule has 8 heteroatoms. The van der Waals surface area contributed by atoms with Gasteiger partial charge in [-0.1, -0.05) is 0 Å². The van der Waals surface area contributed by atoms with Crippen LogP contribution in [0.15, 0.2) is 18.3 Å². The van der Waals surface area contributed by atoms with Crippen molar-refractivity contribution < 1.29 is 14.7 Å². The fraction of sp³-hybridized carbons (Fsp3) is 0.435. The highest BCUT2D eigenvalue weighted by atomic mass is 16.3. The van der Waals surface area contributed by atoms with Gasteiger partial charge in [-0.15, -0.1) is 0 Å². The molecule has 2 amide bonds. The number of nitrogens with zero attached hydrogens (tertiary/aromatic N) is 2. The molecule has 1 aromatic carbocycles. The average Bonchev–Trinajstić information content (AvgIpc) is 3.34. The molecule has 5 rings (SSSR count). The van der Waals surface area contributed by atoms with Gasteiger partial charge in [-0.2, -0.15) is 5.10 Å². The number of fused-ring (bicyclic) bond motifs is 6. The second kappa shape index (κ2) is 6.95. The van der Waals surface area contributed by atoms with Crippen LogP contribution in [0.4, 0.5) is 5.69 Å². The van der Waals surface area contributed by atoms with Crippen molar-refractivity contribution in [2.24, 2.45) is 0 Å². The molecule has 0 radical (unpaired) electrons. The monoisotopic (exact) mass is 421 g/mol. The third-order valence-electron chi connectivity index (χ3n) is 6.59. The number of aliphatic hydroxyl groups is 1. The van der Waals surface area contributed by atoms with Crippen molar-refractivity contribution in [2.45, 2.75) is 51.6 Å². The molecule has 1 unspecified atom stereocenters. The molecular weight excluding hydrogens is 394 g/mol. The van der Waals surface area contributed by atoms with Crippen LogP contribution in [0.3, 0.4) is 0 Å². The number of hydrogen-bond acceptors (Lipinski definition) is 4. The number of H-pyrrole nitrogens is 2. The SMILES string of the molecule is CC(=O)NCC(O)CN1C(=O)C(C)(C)c2cc3[nH]c4c(c3cc21)CCCc1cn[nH]c1-4. The molecule has 162 valence electrons. The predicted molar refractivity (Wildman–Crippen MR) is 118 cm³/mol. The summed E-state index contributed by atoms with van der Waals surface area (Å²) in [4.78, 5) is 29.7. The zero-order valence-electron chi connectivity index (χ0n) is 18.0. The van der Waals surface area contributed by atoms with Gasteiger partial charge in [0.25, 0.3) is 0 Å². The van der Waals surface area contributed by atoms with E-state index in [1.807, 2.05) is 20.0 Å². The van der Waals surface area contributed by atoms with Gasteiger partial charge in [0, 0.05) is 30.1 Å². The highest BCUT2D eigenvalue weighted by Gasteiger charge is 2.45. The maximum absolute atomic E-state index is 13.2. The first-order valence-electron chi connectivity index (χ1n) is 10.7. The summed E-state index contributed by atoms with van der Waals surface area (Å²) in [5, 5.41) is 21.5. The molecule has 1 aliphatic heterocycles. The highest BCUT2D eigenvalue weighted by molar-refractivity contribution is 6.10. The summed E-state index contributed by atoms with van der Waals surface area (Å²) in [5.41, 5.74) is 6.66. The number of hydrogen-bond donors (Lipinski definition) is 4. The summed E-state index contributed by atoms with van der Waals surface area (Å²) in [6.07, 6.45) is 4.01. The van der Waals surface area contributed by atoms with Crippen molar-refractivity contribution in [1.29, 1.82) is 0 Å². The third-order valence-corrected chi connectivity index (χ3v) is 6.59. The molecule has 3 aromatic rings. The van der Waals surface area contributed by atoms with E-state index in [1.54, 1.807) is 4.90 Å². The lowest BCUT2D eigenvalue weighted by molar-refractivity contribution is -0.122. The Balaban J connectivity index is 1.60. The van der Waals surface area contributed by atoms with Gasteiger partial charge >= 0.3 is 0 Å². The van der Waals surface area contributed by atoms with Gasteiger partial charge in [-0.25, -0.2) is 0 Å². The van der Waals surface area contributed by atoms with Crippen LogP contribution >= 0.6 is 0 Å². The number of nitrogens with one attached hydrogen (secondary N) is 3. The van der Waals surface area contributed by atoms with E-state index >= 15 is 0 Å². The molecule has 4 N–H and O–H groups in total. The molecule has 0 fully saturated rings. The number of rotatable bonds is 4. The predicted octanol–water partition coefficient (Wildman–Crippen LogP) is 2.17. The maximum atomic E-state index is 13.2. The molecule has 8 nitrogen and oxygen atoms in total. The van der Waals surface area contributed by atoms with Gasteiger partial charge in [0.1, 0.15) is 0 Å². The van der Waals surface area contributed by atoms with E-state index in [0.29, 0.717) is 0 Å². The number of β-amino-alcohol motifs (C(OH)–C–C–N with tert-alkyl or cyclic N) is 1. The smallest absolute Gasteiger partial charge is 0.237 e. The van der Waals surface area contributed by atoms with Crippen molar-refractivity contribution in [3.63, 3.8) is 0 Å². The van der Waals surface area contributed by atoms with Crippen LogP contribution in [-0.2, 0) is 27.8 Å². The van der Waals surface area contributed by atoms with E-state index in [-0.39, 0.29) is 24.9 Å². The van der Waals surface area contributed by atoms with Crippen molar-refractivity contribution in [3.8, 4) is 11.4 Å². The fourth-order valence-electron chi connectivity index (χ4n) is 4.94. The van der Waals surface area contributed by atoms with Crippen LogP contribution in [0, 0.1) is 0 Å². The molecule has 31 heavy (non-hydrogen) atoms. The Hall–Kier alpha value is -3.13. The number of benzene rings is 1. The van der Waals surface area contributed by atoms with Gasteiger partial charge < -0.3 is 20.3 Å². The molecule has 0 saturated carbocycles. The second-order valence-electron chi connectivity index (χ2n) is 9.15. The number of aryl methyl sites for hydroxylation is 2. The number of amides is 2. The van der Waals surface area contributed by atoms with Crippen LogP contribution in [0.25, 0.3) is 22.3 Å². The summed E-state index contributed by atoms with van der Waals surface area (Å²) in [5.74, 6) is -0.249. The number of aromatic nitrogens is 3. The van der Waals surface area contributed by atoms with Gasteiger partial charge in [0.05, 0.1) is 35.6 Å². The molecule has 0 bridgehead atoms. The van der Waals surface area contributed by atoms with Crippen molar-refractivity contribution in [3.05, 3.63) is 35.0 Å². The number of aromatic amines is 2. The lowest BCUT2D eigenvalue weighted by Crippen LogP contribution is -2.44. The molecule has 2 aromatic heterocycles. The van der Waals surface area contributed by atoms with Crippen LogP contribution < -0.4 is 10.2 Å². The lowest BCUT2D eigenvalue weighted by Gasteiger charge is -2.23. The van der Waals surface area contributed by atoms with E-state index in [1.165, 1.54) is 18.1 Å². The Morgan fingerprint density at radius 2 is 2.13 bits per heavy atom. The Bertz CT molecular complexity index is 1210. The minimum atomic E-state index is -0.846. The summed E-state index contributed by atoms with van der Waals surface area (Å²) in [6, 6.07) is 4.16. The van der Waals surface area contributed by atoms with Crippen LogP contribution in [0.1, 0.15) is 43.9 Å². The van der Waals surface area contributed by atoms with Gasteiger partial charge in [-0.05, 0) is 61.9 Å². The minimum Gasteiger partial charge on any atom is -0.389 e. The van der Waals surface area contributed by atoms with E-state index in [2.05, 4.69) is 32.6 Å². The van der Waals surface area contributed by atoms with Crippen LogP contribution in [-0.4, -0.2) is 51.3 Å². The van der Waals surface area contributed by atoms with Crippen molar-refractivity contribution in [2.75, 3.05) is 18.0 Å². The number of carbonyl (C=O) groups is 2. The largest absolute Gasteiger partial charge is 0.389 e. The Morgan fingerprint density at radius 3 is 2.90 bits per heavy atom. The van der Waals surface area contributed by atoms with Gasteiger partial charge in [0.15, 0.2) is 0 Å². The molecule has 1 atom stereocenters. The van der Waals surface area contributed by atoms with Crippen LogP contribution in [0.2, 0.25) is 0 Å². The maximum Gasteiger partial charge on any atom is 0.237 e. The summed E-state index contributed by atoms with van der Waals surface area (Å²) < 4.78 is 0. The molecule has 1 aliphatic carbocycles. The summed E-state index contributed by atoms with van der Waals surface area (Å²) >= 11 is 0. The Kier molecular flexibility index (Phi) is 4.44. The fourth-order valence-corrected chi connectivity index (χ4v) is 4.94. The second-order valence-corrected chi connectivity index (χ2v) is 9.15. The first kappa shape index (κ1) is 19.8. The zero-order chi connectivity index (χ0) is 21.9. The van der Waals surface area contributed by atoms with E-state index in [9.17, 15) is 14.7 Å². The van der Waals surface area contributed by atoms with Gasteiger partial charge in [-0.3, -0.25) is 14.7 Å². The lowest BCUT2D eigenvalue weighted by atomic mass is 9.85. The Morgan fingerprint density at radius 1 is 1.32 bits per heavy atom. The van der Waals surface area contributed by atoms with Crippen LogP contribution in [0.5, 0.6) is 0 Å².